The molecule has 0 saturated carbocycles. The highest BCUT2D eigenvalue weighted by molar-refractivity contribution is 6.12. The lowest BCUT2D eigenvalue weighted by Crippen LogP contribution is -2.13. The third-order valence-electron chi connectivity index (χ3n) is 3.43. The molecule has 0 aliphatic carbocycles. The molecule has 24 heavy (non-hydrogen) atoms. The Kier molecular flexibility index (Phi) is 3.99. The minimum absolute atomic E-state index is 0.176. The number of pyridine rings is 1. The standard InChI is InChI=1S/C17H16N4O3/c1-9-7-14(15-10(2)21-24-17(15)18-9)16(23)20-13-6-4-5-12(8-13)19-11(3)22/h4-8H,1-3H3,(H,19,22)(H,20,23). The molecular formula is C17H16N4O3. The molecule has 3 rings (SSSR count). The molecular weight excluding hydrogens is 308 g/mol. The lowest BCUT2D eigenvalue weighted by atomic mass is 10.1. The van der Waals surface area contributed by atoms with Crippen molar-refractivity contribution in [2.75, 3.05) is 10.6 Å². The Hall–Kier alpha value is -3.22. The summed E-state index contributed by atoms with van der Waals surface area (Å²) in [5, 5.41) is 9.96. The van der Waals surface area contributed by atoms with Crippen LogP contribution in [0.15, 0.2) is 34.9 Å². The molecule has 2 aromatic heterocycles. The van der Waals surface area contributed by atoms with Crippen molar-refractivity contribution in [3.63, 3.8) is 0 Å². The largest absolute Gasteiger partial charge is 0.336 e. The van der Waals surface area contributed by atoms with Gasteiger partial charge in [0.15, 0.2) is 0 Å². The van der Waals surface area contributed by atoms with Gasteiger partial charge in [-0.25, -0.2) is 4.98 Å². The molecule has 0 unspecified atom stereocenters. The van der Waals surface area contributed by atoms with Gasteiger partial charge in [-0.2, -0.15) is 0 Å². The molecule has 0 fully saturated rings. The maximum atomic E-state index is 12.7. The van der Waals surface area contributed by atoms with E-state index in [1.54, 1.807) is 44.2 Å². The number of nitrogens with zero attached hydrogens (tertiary/aromatic N) is 2. The van der Waals surface area contributed by atoms with Gasteiger partial charge in [0.1, 0.15) is 0 Å². The molecule has 0 saturated heterocycles. The fourth-order valence-electron chi connectivity index (χ4n) is 2.47. The third-order valence-corrected chi connectivity index (χ3v) is 3.43. The molecule has 0 aliphatic rings. The van der Waals surface area contributed by atoms with Gasteiger partial charge in [0.2, 0.25) is 5.91 Å². The summed E-state index contributed by atoms with van der Waals surface area (Å²) in [5.41, 5.74) is 3.23. The highest BCUT2D eigenvalue weighted by Crippen LogP contribution is 2.23. The maximum Gasteiger partial charge on any atom is 0.258 e. The van der Waals surface area contributed by atoms with E-state index in [0.717, 1.165) is 0 Å². The van der Waals surface area contributed by atoms with Crippen LogP contribution in [0.3, 0.4) is 0 Å². The van der Waals surface area contributed by atoms with Crippen LogP contribution in [0.1, 0.15) is 28.7 Å². The molecule has 0 radical (unpaired) electrons. The number of amides is 2. The lowest BCUT2D eigenvalue weighted by molar-refractivity contribution is -0.114. The van der Waals surface area contributed by atoms with Gasteiger partial charge < -0.3 is 15.2 Å². The third kappa shape index (κ3) is 3.10. The van der Waals surface area contributed by atoms with Crippen molar-refractivity contribution in [2.45, 2.75) is 20.8 Å². The molecule has 122 valence electrons. The zero-order valence-electron chi connectivity index (χ0n) is 13.5. The normalized spacial score (nSPS) is 10.6. The van der Waals surface area contributed by atoms with Crippen LogP contribution >= 0.6 is 0 Å². The van der Waals surface area contributed by atoms with Gasteiger partial charge in [-0.15, -0.1) is 0 Å². The van der Waals surface area contributed by atoms with Gasteiger partial charge in [0.25, 0.3) is 11.6 Å². The van der Waals surface area contributed by atoms with Crippen LogP contribution < -0.4 is 10.6 Å². The zero-order chi connectivity index (χ0) is 17.3. The molecule has 3 aromatic rings. The first-order valence-corrected chi connectivity index (χ1v) is 7.36. The smallest absolute Gasteiger partial charge is 0.258 e. The summed E-state index contributed by atoms with van der Waals surface area (Å²) >= 11 is 0. The van der Waals surface area contributed by atoms with Gasteiger partial charge >= 0.3 is 0 Å². The number of carbonyl (C=O) groups excluding carboxylic acids is 2. The molecule has 0 bridgehead atoms. The highest BCUT2D eigenvalue weighted by atomic mass is 16.5. The number of anilines is 2. The van der Waals surface area contributed by atoms with E-state index in [9.17, 15) is 9.59 Å². The van der Waals surface area contributed by atoms with Gasteiger partial charge in [0.05, 0.1) is 16.6 Å². The van der Waals surface area contributed by atoms with E-state index < -0.39 is 0 Å². The van der Waals surface area contributed by atoms with Crippen LogP contribution in [-0.2, 0) is 4.79 Å². The minimum Gasteiger partial charge on any atom is -0.336 e. The maximum absolute atomic E-state index is 12.7. The topological polar surface area (TPSA) is 97.1 Å². The quantitative estimate of drug-likeness (QED) is 0.771. The summed E-state index contributed by atoms with van der Waals surface area (Å²) in [6.07, 6.45) is 0. The van der Waals surface area contributed by atoms with Gasteiger partial charge in [-0.1, -0.05) is 11.2 Å². The predicted octanol–water partition coefficient (Wildman–Crippen LogP) is 3.05. The van der Waals surface area contributed by atoms with Crippen molar-refractivity contribution in [1.82, 2.24) is 10.1 Å². The number of hydrogen-bond acceptors (Lipinski definition) is 5. The van der Waals surface area contributed by atoms with Crippen LogP contribution in [0.5, 0.6) is 0 Å². The first kappa shape index (κ1) is 15.7. The van der Waals surface area contributed by atoms with E-state index in [4.69, 9.17) is 4.52 Å². The average molecular weight is 324 g/mol. The summed E-state index contributed by atoms with van der Waals surface area (Å²) in [4.78, 5) is 28.0. The number of benzene rings is 1. The van der Waals surface area contributed by atoms with E-state index in [2.05, 4.69) is 20.8 Å². The molecule has 1 aromatic carbocycles. The number of rotatable bonds is 3. The van der Waals surface area contributed by atoms with Crippen LogP contribution in [0.2, 0.25) is 0 Å². The van der Waals surface area contributed by atoms with E-state index in [-0.39, 0.29) is 11.8 Å². The second-order valence-corrected chi connectivity index (χ2v) is 5.48. The molecule has 0 spiro atoms. The SMILES string of the molecule is CC(=O)Nc1cccc(NC(=O)c2cc(C)nc3onc(C)c23)c1. The molecule has 7 nitrogen and oxygen atoms in total. The number of carbonyl (C=O) groups is 2. The minimum atomic E-state index is -0.295. The van der Waals surface area contributed by atoms with Crippen molar-refractivity contribution >= 4 is 34.3 Å². The Bertz CT molecular complexity index is 946. The number of fused-ring (bicyclic) bond motifs is 1. The van der Waals surface area contributed by atoms with Gasteiger partial charge in [-0.05, 0) is 38.1 Å². The summed E-state index contributed by atoms with van der Waals surface area (Å²) in [7, 11) is 0. The average Bonchev–Trinajstić information content (AvgIpc) is 2.87. The van der Waals surface area contributed by atoms with Gasteiger partial charge in [0, 0.05) is 24.0 Å². The Morgan fingerprint density at radius 2 is 1.79 bits per heavy atom. The van der Waals surface area contributed by atoms with Crippen LogP contribution in [-0.4, -0.2) is 22.0 Å². The monoisotopic (exact) mass is 324 g/mol. The van der Waals surface area contributed by atoms with Crippen LogP contribution in [0.25, 0.3) is 11.1 Å². The van der Waals surface area contributed by atoms with Crippen molar-refractivity contribution in [3.8, 4) is 0 Å². The molecule has 2 N–H and O–H groups in total. The van der Waals surface area contributed by atoms with E-state index in [0.29, 0.717) is 39.4 Å². The number of nitrogens with one attached hydrogen (secondary N) is 2. The van der Waals surface area contributed by atoms with Crippen LogP contribution in [0.4, 0.5) is 11.4 Å². The molecule has 2 heterocycles. The van der Waals surface area contributed by atoms with Crippen molar-refractivity contribution in [1.29, 1.82) is 0 Å². The Morgan fingerprint density at radius 3 is 2.50 bits per heavy atom. The lowest BCUT2D eigenvalue weighted by Gasteiger charge is -2.09. The summed E-state index contributed by atoms with van der Waals surface area (Å²) in [6, 6.07) is 8.62. The first-order chi connectivity index (χ1) is 11.4. The summed E-state index contributed by atoms with van der Waals surface area (Å²) in [6.45, 7) is 4.97. The van der Waals surface area contributed by atoms with E-state index in [1.165, 1.54) is 6.92 Å². The number of hydrogen-bond donors (Lipinski definition) is 2. The Labute approximate surface area is 138 Å². The number of aromatic nitrogens is 2. The summed E-state index contributed by atoms with van der Waals surface area (Å²) < 4.78 is 5.14. The number of aryl methyl sites for hydroxylation is 2. The van der Waals surface area contributed by atoms with Gasteiger partial charge in [-0.3, -0.25) is 9.59 Å². The second kappa shape index (κ2) is 6.11. The Morgan fingerprint density at radius 1 is 1.08 bits per heavy atom. The fraction of sp³-hybridized carbons (Fsp3) is 0.176. The van der Waals surface area contributed by atoms with Crippen molar-refractivity contribution in [2.24, 2.45) is 0 Å². The second-order valence-electron chi connectivity index (χ2n) is 5.48. The molecule has 7 heteroatoms. The van der Waals surface area contributed by atoms with E-state index >= 15 is 0 Å². The predicted molar refractivity (Wildman–Crippen MR) is 90.0 cm³/mol. The fourth-order valence-corrected chi connectivity index (χ4v) is 2.47. The summed E-state index contributed by atoms with van der Waals surface area (Å²) in [5.74, 6) is -0.471. The highest BCUT2D eigenvalue weighted by Gasteiger charge is 2.18. The Balaban J connectivity index is 1.93. The van der Waals surface area contributed by atoms with Crippen molar-refractivity contribution < 1.29 is 14.1 Å². The van der Waals surface area contributed by atoms with Crippen LogP contribution in [0, 0.1) is 13.8 Å². The molecule has 0 aliphatic heterocycles. The zero-order valence-corrected chi connectivity index (χ0v) is 13.5. The van der Waals surface area contributed by atoms with E-state index in [1.807, 2.05) is 0 Å². The molecule has 0 atom stereocenters. The van der Waals surface area contributed by atoms with Crippen molar-refractivity contribution in [3.05, 3.63) is 47.3 Å². The first-order valence-electron chi connectivity index (χ1n) is 7.36. The molecule has 2 amide bonds.